The predicted molar refractivity (Wildman–Crippen MR) is 182 cm³/mol. The highest BCUT2D eigenvalue weighted by atomic mass is 35.5. The number of hydrogen-bond acceptors (Lipinski definition) is 5. The van der Waals surface area contributed by atoms with E-state index in [1.54, 1.807) is 31.5 Å². The fraction of sp³-hybridized carbons (Fsp3) is 0.364. The Balaban J connectivity index is 1.65. The topological polar surface area (TPSA) is 64.4 Å². The molecule has 0 spiro atoms. The van der Waals surface area contributed by atoms with Crippen molar-refractivity contribution in [2.24, 2.45) is 0 Å². The normalized spacial score (nSPS) is 12.6. The van der Waals surface area contributed by atoms with Gasteiger partial charge in [-0.2, -0.15) is 0 Å². The third-order valence-corrected chi connectivity index (χ3v) is 11.4. The summed E-state index contributed by atoms with van der Waals surface area (Å²) in [6, 6.07) is 14.4. The molecule has 0 bridgehead atoms. The SMILES string of the molecule is COc1cc(C(C)(C)[12c]2cnc(SCc3ccc(S(=O)(=O)N(C)CCC[N+](C)(C)C)c(F)c3Cl)n2-c2ccc(F)cc2)ccc1Cl. The van der Waals surface area contributed by atoms with Crippen LogP contribution in [0.5, 0.6) is 5.75 Å². The summed E-state index contributed by atoms with van der Waals surface area (Å²) in [5.41, 5.74) is 2.21. The summed E-state index contributed by atoms with van der Waals surface area (Å²) >= 11 is 14.0. The lowest BCUT2D eigenvalue weighted by Crippen LogP contribution is -2.38. The van der Waals surface area contributed by atoms with E-state index in [1.807, 2.05) is 51.7 Å². The van der Waals surface area contributed by atoms with Crippen LogP contribution in [-0.4, -0.2) is 75.1 Å². The van der Waals surface area contributed by atoms with Crippen LogP contribution in [0.3, 0.4) is 0 Å². The quantitative estimate of drug-likeness (QED) is 0.105. The molecule has 1 heterocycles. The number of sulfonamides is 1. The van der Waals surface area contributed by atoms with Crippen molar-refractivity contribution in [3.63, 3.8) is 0 Å². The number of hydrogen-bond donors (Lipinski definition) is 0. The summed E-state index contributed by atoms with van der Waals surface area (Å²) < 4.78 is 65.1. The molecule has 7 nitrogen and oxygen atoms in total. The predicted octanol–water partition coefficient (Wildman–Crippen LogP) is 7.80. The second kappa shape index (κ2) is 14.2. The Morgan fingerprint density at radius 2 is 1.72 bits per heavy atom. The maximum absolute atomic E-state index is 15.5. The Bertz CT molecular complexity index is 1810. The lowest BCUT2D eigenvalue weighted by molar-refractivity contribution is -0.870. The van der Waals surface area contributed by atoms with Crippen molar-refractivity contribution in [3.05, 3.63) is 99.3 Å². The average molecular weight is 713 g/mol. The van der Waals surface area contributed by atoms with E-state index in [1.165, 1.54) is 43.1 Å². The highest BCUT2D eigenvalue weighted by Gasteiger charge is 2.31. The Morgan fingerprint density at radius 3 is 2.35 bits per heavy atom. The van der Waals surface area contributed by atoms with Gasteiger partial charge in [0.15, 0.2) is 11.0 Å². The van der Waals surface area contributed by atoms with Crippen molar-refractivity contribution in [3.8, 4) is 11.4 Å². The summed E-state index contributed by atoms with van der Waals surface area (Å²) in [6.07, 6.45) is 2.37. The second-order valence-corrected chi connectivity index (χ2v) is 16.3. The number of quaternary nitrogens is 1. The maximum Gasteiger partial charge on any atom is 0.245 e. The van der Waals surface area contributed by atoms with E-state index in [2.05, 4.69) is 0 Å². The number of ether oxygens (including phenoxy) is 1. The van der Waals surface area contributed by atoms with Crippen molar-refractivity contribution in [1.29, 1.82) is 0 Å². The molecule has 4 rings (SSSR count). The minimum atomic E-state index is -4.09. The molecule has 0 radical (unpaired) electrons. The van der Waals surface area contributed by atoms with Crippen LogP contribution in [-0.2, 0) is 21.2 Å². The fourth-order valence-corrected chi connectivity index (χ4v) is 7.81. The van der Waals surface area contributed by atoms with Crippen molar-refractivity contribution in [2.45, 2.75) is 41.5 Å². The Kier molecular flexibility index (Phi) is 11.2. The van der Waals surface area contributed by atoms with Gasteiger partial charge in [-0.1, -0.05) is 60.9 Å². The van der Waals surface area contributed by atoms with Crippen molar-refractivity contribution in [1.82, 2.24) is 13.9 Å². The third kappa shape index (κ3) is 7.89. The van der Waals surface area contributed by atoms with Gasteiger partial charge < -0.3 is 9.22 Å². The molecule has 0 amide bonds. The molecule has 46 heavy (non-hydrogen) atoms. The van der Waals surface area contributed by atoms with Crippen LogP contribution < -0.4 is 4.74 Å². The lowest BCUT2D eigenvalue weighted by atomic mass is 9.81. The second-order valence-electron chi connectivity index (χ2n) is 12.5. The molecule has 0 fully saturated rings. The van der Waals surface area contributed by atoms with E-state index < -0.39 is 26.2 Å². The van der Waals surface area contributed by atoms with Gasteiger partial charge in [0, 0.05) is 36.9 Å². The molecule has 0 saturated carbocycles. The summed E-state index contributed by atoms with van der Waals surface area (Å²) in [5, 5.41) is 0.780. The van der Waals surface area contributed by atoms with Crippen LogP contribution in [0.2, 0.25) is 10.0 Å². The lowest BCUT2D eigenvalue weighted by Gasteiger charge is -2.28. The summed E-state index contributed by atoms with van der Waals surface area (Å²) in [5.74, 6) is -0.633. The van der Waals surface area contributed by atoms with Crippen LogP contribution in [0, 0.1) is 11.6 Å². The fourth-order valence-electron chi connectivity index (χ4n) is 4.99. The monoisotopic (exact) mass is 711 g/mol. The van der Waals surface area contributed by atoms with Crippen molar-refractivity contribution >= 4 is 45.0 Å². The molecule has 0 unspecified atom stereocenters. The number of benzene rings is 3. The molecule has 248 valence electrons. The van der Waals surface area contributed by atoms with E-state index >= 15 is 4.39 Å². The first-order valence-electron chi connectivity index (χ1n) is 14.5. The van der Waals surface area contributed by atoms with Gasteiger partial charge in [-0.25, -0.2) is 26.5 Å². The molecular formula is C33H39Cl2F2N4O3S2+. The van der Waals surface area contributed by atoms with Crippen molar-refractivity contribution < 1.29 is 26.4 Å². The molecule has 0 atom stereocenters. The van der Waals surface area contributed by atoms with Crippen LogP contribution >= 0.6 is 35.0 Å². The Morgan fingerprint density at radius 1 is 1.04 bits per heavy atom. The molecule has 0 aliphatic carbocycles. The molecule has 3 aromatic carbocycles. The zero-order valence-corrected chi connectivity index (χ0v) is 30.1. The first-order valence-corrected chi connectivity index (χ1v) is 17.7. The number of imidazole rings is 1. The van der Waals surface area contributed by atoms with Gasteiger partial charge in [0.2, 0.25) is 10.0 Å². The highest BCUT2D eigenvalue weighted by molar-refractivity contribution is 7.98. The summed E-state index contributed by atoms with van der Waals surface area (Å²) in [7, 11) is 4.97. The van der Waals surface area contributed by atoms with E-state index in [0.29, 0.717) is 38.1 Å². The molecule has 1 aromatic heterocycles. The molecular weight excluding hydrogens is 673 g/mol. The summed E-state index contributed by atoms with van der Waals surface area (Å²) in [4.78, 5) is 4.23. The van der Waals surface area contributed by atoms with Crippen molar-refractivity contribution in [2.75, 3.05) is 48.4 Å². The molecule has 0 aliphatic heterocycles. The highest BCUT2D eigenvalue weighted by Crippen LogP contribution is 2.40. The Hall–Kier alpha value is -2.67. The van der Waals surface area contributed by atoms with Crippen LogP contribution in [0.4, 0.5) is 8.78 Å². The zero-order chi connectivity index (χ0) is 34.0. The van der Waals surface area contributed by atoms with Crippen LogP contribution in [0.25, 0.3) is 5.69 Å². The van der Waals surface area contributed by atoms with E-state index in [0.717, 1.165) is 22.1 Å². The number of methoxy groups -OCH3 is 1. The number of thioether (sulfide) groups is 1. The number of halogens is 4. The smallest absolute Gasteiger partial charge is 0.245 e. The van der Waals surface area contributed by atoms with Gasteiger partial charge in [0.25, 0.3) is 0 Å². The molecule has 4 aromatic rings. The maximum atomic E-state index is 15.5. The number of aromatic nitrogens is 2. The largest absolute Gasteiger partial charge is 0.495 e. The van der Waals surface area contributed by atoms with E-state index in [-0.39, 0.29) is 23.1 Å². The molecule has 0 saturated heterocycles. The van der Waals surface area contributed by atoms with Gasteiger partial charge in [0.05, 0.1) is 56.7 Å². The first-order chi connectivity index (χ1) is 21.5. The number of nitrogens with zero attached hydrogens (tertiary/aromatic N) is 4. The molecule has 13 heteroatoms. The van der Waals surface area contributed by atoms with Crippen LogP contribution in [0.15, 0.2) is 70.8 Å². The minimum absolute atomic E-state index is 0.197. The third-order valence-electron chi connectivity index (χ3n) is 7.80. The van der Waals surface area contributed by atoms with Gasteiger partial charge in [0.1, 0.15) is 16.5 Å². The van der Waals surface area contributed by atoms with Gasteiger partial charge >= 0.3 is 0 Å². The Labute approximate surface area is 284 Å². The van der Waals surface area contributed by atoms with Gasteiger partial charge in [-0.3, -0.25) is 4.57 Å². The van der Waals surface area contributed by atoms with Crippen LogP contribution in [0.1, 0.15) is 37.1 Å². The van der Waals surface area contributed by atoms with E-state index in [9.17, 15) is 12.8 Å². The average Bonchev–Trinajstić information content (AvgIpc) is 3.42. The van der Waals surface area contributed by atoms with Gasteiger partial charge in [-0.05, 0) is 53.6 Å². The number of rotatable bonds is 13. The molecule has 0 N–H and O–H groups in total. The standard InChI is InChI=1S/C33H39Cl2F2N4O3S2/c1-33(2,23-10-15-26(34)27(19-23)44-7)29-20-38-32(40(29)25-13-11-24(36)12-14-25)45-21-22-9-16-28(31(37)30(22)35)46(42,43)39(3)17-8-18-41(4,5)6/h9-16,19-20H,8,17-18,21H2,1-7H3/q+1/i29+0. The first kappa shape index (κ1) is 36.2. The molecule has 0 aliphatic rings. The van der Waals surface area contributed by atoms with E-state index in [4.69, 9.17) is 32.9 Å². The van der Waals surface area contributed by atoms with Gasteiger partial charge in [-0.15, -0.1) is 0 Å². The zero-order valence-electron chi connectivity index (χ0n) is 26.9. The summed E-state index contributed by atoms with van der Waals surface area (Å²) in [6.45, 7) is 5.08. The minimum Gasteiger partial charge on any atom is -0.495 e.